The number of hydrogen-bond donors (Lipinski definition) is 1. The molecule has 156 valence electrons. The Morgan fingerprint density at radius 1 is 1.19 bits per heavy atom. The van der Waals surface area contributed by atoms with Crippen LogP contribution in [-0.2, 0) is 16.0 Å². The molecule has 1 fully saturated rings. The molecule has 1 unspecified atom stereocenters. The molecule has 2 heterocycles. The van der Waals surface area contributed by atoms with E-state index in [-0.39, 0.29) is 18.2 Å². The van der Waals surface area contributed by atoms with Crippen LogP contribution < -0.4 is 5.32 Å². The lowest BCUT2D eigenvalue weighted by molar-refractivity contribution is -0.136. The van der Waals surface area contributed by atoms with Crippen LogP contribution in [0.1, 0.15) is 17.9 Å². The van der Waals surface area contributed by atoms with Gasteiger partial charge in [-0.1, -0.05) is 30.3 Å². The Kier molecular flexibility index (Phi) is 6.34. The van der Waals surface area contributed by atoms with Gasteiger partial charge in [0, 0.05) is 29.8 Å². The van der Waals surface area contributed by atoms with Crippen LogP contribution in [0.4, 0.5) is 5.69 Å². The minimum Gasteiger partial charge on any atom is -0.441 e. The van der Waals surface area contributed by atoms with Gasteiger partial charge in [0.05, 0.1) is 23.7 Å². The van der Waals surface area contributed by atoms with Crippen molar-refractivity contribution in [3.05, 3.63) is 72.2 Å². The predicted octanol–water partition coefficient (Wildman–Crippen LogP) is 3.69. The maximum absolute atomic E-state index is 12.8. The van der Waals surface area contributed by atoms with Gasteiger partial charge in [-0.2, -0.15) is 5.26 Å². The summed E-state index contributed by atoms with van der Waals surface area (Å²) >= 11 is 1.55. The molecule has 3 aromatic rings. The second kappa shape index (κ2) is 9.49. The maximum Gasteiger partial charge on any atom is 0.248 e. The van der Waals surface area contributed by atoms with E-state index in [0.717, 1.165) is 5.56 Å². The Labute approximate surface area is 184 Å². The molecular weight excluding hydrogens is 412 g/mol. The van der Waals surface area contributed by atoms with Gasteiger partial charge < -0.3 is 14.6 Å². The fourth-order valence-electron chi connectivity index (χ4n) is 3.28. The highest BCUT2D eigenvalue weighted by Crippen LogP contribution is 2.24. The largest absolute Gasteiger partial charge is 0.441 e. The van der Waals surface area contributed by atoms with Crippen LogP contribution in [0.2, 0.25) is 0 Å². The normalized spacial score (nSPS) is 15.5. The lowest BCUT2D eigenvalue weighted by atomic mass is 10.2. The summed E-state index contributed by atoms with van der Waals surface area (Å²) in [6.45, 7) is 0. The first kappa shape index (κ1) is 20.7. The van der Waals surface area contributed by atoms with Gasteiger partial charge in [0.2, 0.25) is 11.8 Å². The second-order valence-corrected chi connectivity index (χ2v) is 8.04. The molecule has 2 aromatic carbocycles. The van der Waals surface area contributed by atoms with Gasteiger partial charge in [-0.3, -0.25) is 9.59 Å². The highest BCUT2D eigenvalue weighted by atomic mass is 32.2. The number of carbonyl (C=O) groups excluding carboxylic acids is 2. The second-order valence-electron chi connectivity index (χ2n) is 7.04. The number of nitriles is 1. The molecule has 1 aliphatic rings. The molecule has 2 amide bonds. The van der Waals surface area contributed by atoms with E-state index in [1.807, 2.05) is 36.4 Å². The van der Waals surface area contributed by atoms with Crippen LogP contribution in [0.3, 0.4) is 0 Å². The fourth-order valence-corrected chi connectivity index (χ4v) is 4.46. The Balaban J connectivity index is 1.34. The number of benzene rings is 2. The van der Waals surface area contributed by atoms with Crippen molar-refractivity contribution < 1.29 is 14.0 Å². The highest BCUT2D eigenvalue weighted by molar-refractivity contribution is 7.99. The van der Waals surface area contributed by atoms with E-state index >= 15 is 0 Å². The summed E-state index contributed by atoms with van der Waals surface area (Å²) in [4.78, 5) is 31.3. The van der Waals surface area contributed by atoms with E-state index in [9.17, 15) is 9.59 Å². The monoisotopic (exact) mass is 432 g/mol. The van der Waals surface area contributed by atoms with E-state index in [4.69, 9.17) is 9.68 Å². The Morgan fingerprint density at radius 3 is 2.71 bits per heavy atom. The lowest BCUT2D eigenvalue weighted by Crippen LogP contribution is -2.44. The maximum atomic E-state index is 12.8. The molecule has 0 spiro atoms. The lowest BCUT2D eigenvalue weighted by Gasteiger charge is -2.23. The van der Waals surface area contributed by atoms with Crippen LogP contribution in [0, 0.1) is 11.3 Å². The van der Waals surface area contributed by atoms with Crippen LogP contribution in [0.5, 0.6) is 0 Å². The zero-order valence-corrected chi connectivity index (χ0v) is 17.5. The summed E-state index contributed by atoms with van der Waals surface area (Å²) in [7, 11) is 0. The minimum absolute atomic E-state index is 0.107. The molecule has 1 saturated heterocycles. The van der Waals surface area contributed by atoms with Crippen molar-refractivity contribution in [1.29, 1.82) is 5.26 Å². The van der Waals surface area contributed by atoms with E-state index < -0.39 is 6.04 Å². The third-order valence-electron chi connectivity index (χ3n) is 4.95. The molecule has 31 heavy (non-hydrogen) atoms. The number of anilines is 1. The van der Waals surface area contributed by atoms with Crippen LogP contribution in [-0.4, -0.2) is 39.4 Å². The first-order chi connectivity index (χ1) is 15.1. The van der Waals surface area contributed by atoms with Crippen LogP contribution in [0.25, 0.3) is 11.3 Å². The number of rotatable bonds is 6. The van der Waals surface area contributed by atoms with Crippen molar-refractivity contribution in [1.82, 2.24) is 9.88 Å². The molecule has 1 aliphatic heterocycles. The number of hydrogen-bond acceptors (Lipinski definition) is 6. The number of amides is 2. The van der Waals surface area contributed by atoms with Crippen molar-refractivity contribution in [2.45, 2.75) is 18.9 Å². The topological polar surface area (TPSA) is 99.2 Å². The standard InChI is InChI=1S/C23H20N4O3S/c24-12-16-6-8-18(9-7-16)26-23(29)19-14-31-15-27(19)22(28)11-10-21-25-13-20(30-21)17-4-2-1-3-5-17/h1-9,13,19H,10-11,14-15H2,(H,26,29). The van der Waals surface area contributed by atoms with Crippen molar-refractivity contribution in [2.75, 3.05) is 16.9 Å². The molecule has 0 radical (unpaired) electrons. The van der Waals surface area contributed by atoms with Gasteiger partial charge in [0.1, 0.15) is 6.04 Å². The smallest absolute Gasteiger partial charge is 0.248 e. The molecule has 0 saturated carbocycles. The van der Waals surface area contributed by atoms with Crippen molar-refractivity contribution in [3.8, 4) is 17.4 Å². The van der Waals surface area contributed by atoms with Crippen molar-refractivity contribution >= 4 is 29.3 Å². The summed E-state index contributed by atoms with van der Waals surface area (Å²) < 4.78 is 5.77. The molecule has 1 aromatic heterocycles. The third kappa shape index (κ3) is 4.95. The van der Waals surface area contributed by atoms with Gasteiger partial charge in [0.25, 0.3) is 0 Å². The van der Waals surface area contributed by atoms with E-state index in [1.165, 1.54) is 0 Å². The number of carbonyl (C=O) groups is 2. The number of nitrogens with zero attached hydrogens (tertiary/aromatic N) is 3. The van der Waals surface area contributed by atoms with Crippen molar-refractivity contribution in [2.24, 2.45) is 0 Å². The molecule has 1 atom stereocenters. The van der Waals surface area contributed by atoms with Gasteiger partial charge in [-0.15, -0.1) is 11.8 Å². The summed E-state index contributed by atoms with van der Waals surface area (Å²) in [5.41, 5.74) is 2.05. The van der Waals surface area contributed by atoms with E-state index in [1.54, 1.807) is 47.1 Å². The van der Waals surface area contributed by atoms with E-state index in [2.05, 4.69) is 10.3 Å². The number of thioether (sulfide) groups is 1. The number of oxazole rings is 1. The Bertz CT molecular complexity index is 1110. The third-order valence-corrected chi connectivity index (χ3v) is 5.96. The number of aryl methyl sites for hydroxylation is 1. The van der Waals surface area contributed by atoms with Crippen LogP contribution >= 0.6 is 11.8 Å². The predicted molar refractivity (Wildman–Crippen MR) is 118 cm³/mol. The summed E-state index contributed by atoms with van der Waals surface area (Å²) in [6.07, 6.45) is 2.25. The molecule has 1 N–H and O–H groups in total. The average molecular weight is 433 g/mol. The van der Waals surface area contributed by atoms with E-state index in [0.29, 0.717) is 41.0 Å². The average Bonchev–Trinajstić information content (AvgIpc) is 3.49. The Morgan fingerprint density at radius 2 is 1.97 bits per heavy atom. The van der Waals surface area contributed by atoms with Gasteiger partial charge in [-0.05, 0) is 24.3 Å². The van der Waals surface area contributed by atoms with Gasteiger partial charge in [-0.25, -0.2) is 4.98 Å². The first-order valence-electron chi connectivity index (χ1n) is 9.82. The molecule has 0 aliphatic carbocycles. The SMILES string of the molecule is N#Cc1ccc(NC(=O)C2CSCN2C(=O)CCc2ncc(-c3ccccc3)o2)cc1. The van der Waals surface area contributed by atoms with Gasteiger partial charge in [0.15, 0.2) is 11.7 Å². The highest BCUT2D eigenvalue weighted by Gasteiger charge is 2.34. The Hall–Kier alpha value is -3.57. The van der Waals surface area contributed by atoms with Gasteiger partial charge >= 0.3 is 0 Å². The fraction of sp³-hybridized carbons (Fsp3) is 0.217. The number of aromatic nitrogens is 1. The van der Waals surface area contributed by atoms with Crippen LogP contribution in [0.15, 0.2) is 65.2 Å². The molecular formula is C23H20N4O3S. The zero-order chi connectivity index (χ0) is 21.6. The first-order valence-corrected chi connectivity index (χ1v) is 11.0. The summed E-state index contributed by atoms with van der Waals surface area (Å²) in [5, 5.41) is 11.7. The quantitative estimate of drug-likeness (QED) is 0.638. The van der Waals surface area contributed by atoms with Crippen molar-refractivity contribution in [3.63, 3.8) is 0 Å². The zero-order valence-electron chi connectivity index (χ0n) is 16.7. The molecule has 4 rings (SSSR count). The molecule has 8 heteroatoms. The number of nitrogens with one attached hydrogen (secondary N) is 1. The molecule has 0 bridgehead atoms. The summed E-state index contributed by atoms with van der Waals surface area (Å²) in [6, 6.07) is 17.8. The minimum atomic E-state index is -0.530. The summed E-state index contributed by atoms with van der Waals surface area (Å²) in [5.74, 6) is 1.85. The molecule has 7 nitrogen and oxygen atoms in total.